The van der Waals surface area contributed by atoms with Crippen LogP contribution in [0, 0.1) is 16.5 Å². The molecule has 0 N–H and O–H groups in total. The van der Waals surface area contributed by atoms with Gasteiger partial charge >= 0.3 is 0 Å². The highest BCUT2D eigenvalue weighted by atomic mass is 16.5. The molecule has 3 heteroatoms. The normalized spacial score (nSPS) is 9.73. The topological polar surface area (TPSA) is 50.7 Å². The Morgan fingerprint density at radius 1 is 1.45 bits per heavy atom. The number of pyridine rings is 1. The molecule has 1 rings (SSSR count). The van der Waals surface area contributed by atoms with Gasteiger partial charge in [-0.05, 0) is 11.6 Å². The lowest BCUT2D eigenvalue weighted by molar-refractivity contribution is -0.605. The lowest BCUT2D eigenvalue weighted by Gasteiger charge is -1.93. The Balaban J connectivity index is 2.84. The second-order valence-corrected chi connectivity index (χ2v) is 1.95. The van der Waals surface area contributed by atoms with E-state index in [2.05, 4.69) is 0 Å². The van der Waals surface area contributed by atoms with Gasteiger partial charge in [0.1, 0.15) is 0 Å². The fraction of sp³-hybridized carbons (Fsp3) is 0. The molecule has 3 nitrogen and oxygen atoms in total. The van der Waals surface area contributed by atoms with Crippen LogP contribution in [0.15, 0.2) is 30.6 Å². The molecule has 0 saturated heterocycles. The number of aromatic nitrogens is 1. The standard InChI is InChI=1S/C8H6N2O/c9-5-1-2-8-3-6-10(11)7-4-8/h1-4,6-7H/b2-1+. The van der Waals surface area contributed by atoms with Crippen LogP contribution in [0.3, 0.4) is 0 Å². The first-order chi connectivity index (χ1) is 5.33. The van der Waals surface area contributed by atoms with E-state index in [1.165, 1.54) is 18.5 Å². The SMILES string of the molecule is N#C/C=C/c1cc[n+]([O-])cc1. The van der Waals surface area contributed by atoms with Gasteiger partial charge in [-0.3, -0.25) is 0 Å². The summed E-state index contributed by atoms with van der Waals surface area (Å²) in [7, 11) is 0. The van der Waals surface area contributed by atoms with Gasteiger partial charge in [0, 0.05) is 18.2 Å². The van der Waals surface area contributed by atoms with Crippen molar-refractivity contribution in [2.45, 2.75) is 0 Å². The van der Waals surface area contributed by atoms with Gasteiger partial charge in [-0.2, -0.15) is 9.99 Å². The van der Waals surface area contributed by atoms with Crippen molar-refractivity contribution in [3.05, 3.63) is 41.4 Å². The fourth-order valence-electron chi connectivity index (χ4n) is 0.669. The number of hydrogen-bond acceptors (Lipinski definition) is 2. The van der Waals surface area contributed by atoms with Crippen molar-refractivity contribution in [2.24, 2.45) is 0 Å². The van der Waals surface area contributed by atoms with Gasteiger partial charge in [-0.15, -0.1) is 0 Å². The Morgan fingerprint density at radius 3 is 2.64 bits per heavy atom. The van der Waals surface area contributed by atoms with Crippen molar-refractivity contribution in [3.63, 3.8) is 0 Å². The van der Waals surface area contributed by atoms with E-state index < -0.39 is 0 Å². The number of allylic oxidation sites excluding steroid dienone is 1. The monoisotopic (exact) mass is 146 g/mol. The summed E-state index contributed by atoms with van der Waals surface area (Å²) < 4.78 is 0.698. The van der Waals surface area contributed by atoms with Crippen LogP contribution in [-0.4, -0.2) is 0 Å². The van der Waals surface area contributed by atoms with Crippen molar-refractivity contribution in [1.29, 1.82) is 5.26 Å². The molecule has 0 atom stereocenters. The summed E-state index contributed by atoms with van der Waals surface area (Å²) in [6.07, 6.45) is 5.78. The molecular formula is C8H6N2O. The average molecular weight is 146 g/mol. The summed E-state index contributed by atoms with van der Waals surface area (Å²) in [5.74, 6) is 0. The van der Waals surface area contributed by atoms with Crippen LogP contribution < -0.4 is 4.73 Å². The molecule has 54 valence electrons. The van der Waals surface area contributed by atoms with Gasteiger partial charge in [0.25, 0.3) is 0 Å². The molecule has 0 fully saturated rings. The Hall–Kier alpha value is -1.82. The van der Waals surface area contributed by atoms with Crippen LogP contribution in [-0.2, 0) is 0 Å². The smallest absolute Gasteiger partial charge is 0.180 e. The van der Waals surface area contributed by atoms with Gasteiger partial charge in [-0.25, -0.2) is 0 Å². The summed E-state index contributed by atoms with van der Waals surface area (Å²) in [5.41, 5.74) is 0.846. The summed E-state index contributed by atoms with van der Waals surface area (Å²) in [6, 6.07) is 5.14. The highest BCUT2D eigenvalue weighted by Gasteiger charge is 1.87. The van der Waals surface area contributed by atoms with E-state index in [0.717, 1.165) is 5.56 Å². The lowest BCUT2D eigenvalue weighted by Crippen LogP contribution is -2.23. The molecule has 11 heavy (non-hydrogen) atoms. The molecule has 1 heterocycles. The first-order valence-corrected chi connectivity index (χ1v) is 3.08. The average Bonchev–Trinajstić information content (AvgIpc) is 2.04. The maximum absolute atomic E-state index is 10.5. The summed E-state index contributed by atoms with van der Waals surface area (Å²) in [6.45, 7) is 0. The third kappa shape index (κ3) is 2.11. The van der Waals surface area contributed by atoms with Gasteiger partial charge in [0.15, 0.2) is 12.4 Å². The maximum atomic E-state index is 10.5. The third-order valence-corrected chi connectivity index (χ3v) is 1.18. The van der Waals surface area contributed by atoms with Crippen LogP contribution >= 0.6 is 0 Å². The first kappa shape index (κ1) is 7.29. The van der Waals surface area contributed by atoms with Crippen LogP contribution in [0.4, 0.5) is 0 Å². The first-order valence-electron chi connectivity index (χ1n) is 3.08. The minimum Gasteiger partial charge on any atom is -0.619 e. The Labute approximate surface area is 64.4 Å². The van der Waals surface area contributed by atoms with Crippen molar-refractivity contribution in [3.8, 4) is 6.07 Å². The van der Waals surface area contributed by atoms with E-state index >= 15 is 0 Å². The lowest BCUT2D eigenvalue weighted by atomic mass is 10.2. The van der Waals surface area contributed by atoms with Crippen LogP contribution in [0.25, 0.3) is 6.08 Å². The highest BCUT2D eigenvalue weighted by Crippen LogP contribution is 1.96. The molecule has 0 aliphatic heterocycles. The zero-order valence-electron chi connectivity index (χ0n) is 5.77. The number of nitriles is 1. The fourth-order valence-corrected chi connectivity index (χ4v) is 0.669. The summed E-state index contributed by atoms with van der Waals surface area (Å²) >= 11 is 0. The van der Waals surface area contributed by atoms with Gasteiger partial charge < -0.3 is 5.21 Å². The maximum Gasteiger partial charge on any atom is 0.180 e. The van der Waals surface area contributed by atoms with Crippen molar-refractivity contribution in [2.75, 3.05) is 0 Å². The Kier molecular flexibility index (Phi) is 2.24. The largest absolute Gasteiger partial charge is 0.619 e. The molecule has 0 aliphatic carbocycles. The molecule has 0 saturated carbocycles. The quantitative estimate of drug-likeness (QED) is 0.335. The number of hydrogen-bond donors (Lipinski definition) is 0. The number of nitrogens with zero attached hydrogens (tertiary/aromatic N) is 2. The van der Waals surface area contributed by atoms with Crippen molar-refractivity contribution >= 4 is 6.08 Å². The van der Waals surface area contributed by atoms with Gasteiger partial charge in [0.2, 0.25) is 0 Å². The van der Waals surface area contributed by atoms with E-state index in [4.69, 9.17) is 5.26 Å². The molecule has 0 radical (unpaired) electrons. The van der Waals surface area contributed by atoms with E-state index in [-0.39, 0.29) is 0 Å². The van der Waals surface area contributed by atoms with Gasteiger partial charge in [-0.1, -0.05) is 0 Å². The molecule has 1 aromatic rings. The predicted molar refractivity (Wildman–Crippen MR) is 40.0 cm³/mol. The highest BCUT2D eigenvalue weighted by molar-refractivity contribution is 5.50. The zero-order chi connectivity index (χ0) is 8.10. The third-order valence-electron chi connectivity index (χ3n) is 1.18. The number of rotatable bonds is 1. The van der Waals surface area contributed by atoms with E-state index in [1.807, 2.05) is 6.07 Å². The molecule has 0 unspecified atom stereocenters. The second-order valence-electron chi connectivity index (χ2n) is 1.95. The molecule has 0 aliphatic rings. The Morgan fingerprint density at radius 2 is 2.09 bits per heavy atom. The predicted octanol–water partition coefficient (Wildman–Crippen LogP) is 0.857. The second kappa shape index (κ2) is 3.37. The van der Waals surface area contributed by atoms with Crippen molar-refractivity contribution < 1.29 is 4.73 Å². The van der Waals surface area contributed by atoms with Crippen molar-refractivity contribution in [1.82, 2.24) is 0 Å². The molecule has 0 amide bonds. The van der Waals surface area contributed by atoms with E-state index in [0.29, 0.717) is 4.73 Å². The van der Waals surface area contributed by atoms with E-state index in [9.17, 15) is 5.21 Å². The summed E-state index contributed by atoms with van der Waals surface area (Å²) in [5, 5.41) is 18.7. The molecule has 1 aromatic heterocycles. The van der Waals surface area contributed by atoms with Crippen LogP contribution in [0.1, 0.15) is 5.56 Å². The molecular weight excluding hydrogens is 140 g/mol. The van der Waals surface area contributed by atoms with Crippen LogP contribution in [0.2, 0.25) is 0 Å². The van der Waals surface area contributed by atoms with Crippen LogP contribution in [0.5, 0.6) is 0 Å². The minimum absolute atomic E-state index is 0.698. The minimum atomic E-state index is 0.698. The summed E-state index contributed by atoms with van der Waals surface area (Å²) in [4.78, 5) is 0. The Bertz CT molecular complexity index is 295. The molecule has 0 bridgehead atoms. The molecule has 0 aromatic carbocycles. The zero-order valence-corrected chi connectivity index (χ0v) is 5.77. The van der Waals surface area contributed by atoms with Gasteiger partial charge in [0.05, 0.1) is 6.07 Å². The molecule has 0 spiro atoms. The van der Waals surface area contributed by atoms with E-state index in [1.54, 1.807) is 18.2 Å².